The van der Waals surface area contributed by atoms with E-state index < -0.39 is 6.10 Å². The van der Waals surface area contributed by atoms with Crippen molar-refractivity contribution in [2.45, 2.75) is 25.0 Å². The van der Waals surface area contributed by atoms with E-state index in [-0.39, 0.29) is 18.4 Å². The molecule has 1 aliphatic rings. The summed E-state index contributed by atoms with van der Waals surface area (Å²) in [6.45, 7) is 0. The van der Waals surface area contributed by atoms with Crippen LogP contribution in [0.5, 0.6) is 0 Å². The SMILES string of the molecule is CNc1ccc2c(c1)NC(=O)CC(O)/C=C/CC(N)c1ncc-2[nH]1. The lowest BCUT2D eigenvalue weighted by Crippen LogP contribution is -2.19. The standard InChI is InChI=1S/C17H21N5O2/c1-19-10-5-6-12-14(7-10)21-16(24)8-11(23)3-2-4-13(18)17-20-9-15(12)22-17/h2-3,5-7,9,11,13,19,23H,4,8,18H2,1H3,(H,20,22)(H,21,24)/b3-2+. The number of hydrogen-bond acceptors (Lipinski definition) is 5. The van der Waals surface area contributed by atoms with Crippen molar-refractivity contribution in [3.63, 3.8) is 0 Å². The fourth-order valence-electron chi connectivity index (χ4n) is 2.65. The molecule has 2 unspecified atom stereocenters. The Balaban J connectivity index is 2.06. The van der Waals surface area contributed by atoms with Crippen LogP contribution in [-0.4, -0.2) is 34.1 Å². The number of fused-ring (bicyclic) bond motifs is 4. The monoisotopic (exact) mass is 327 g/mol. The highest BCUT2D eigenvalue weighted by atomic mass is 16.3. The first-order valence-corrected chi connectivity index (χ1v) is 7.84. The van der Waals surface area contributed by atoms with Crippen LogP contribution in [0.1, 0.15) is 24.7 Å². The third-order valence-corrected chi connectivity index (χ3v) is 3.96. The van der Waals surface area contributed by atoms with Gasteiger partial charge in [0.05, 0.1) is 36.1 Å². The number of nitrogens with two attached hydrogens (primary N) is 1. The Morgan fingerprint density at radius 2 is 2.25 bits per heavy atom. The molecular weight excluding hydrogens is 306 g/mol. The van der Waals surface area contributed by atoms with Crippen LogP contribution in [-0.2, 0) is 4.79 Å². The lowest BCUT2D eigenvalue weighted by molar-refractivity contribution is -0.117. The molecule has 2 heterocycles. The lowest BCUT2D eigenvalue weighted by atomic mass is 10.1. The van der Waals surface area contributed by atoms with Gasteiger partial charge >= 0.3 is 0 Å². The van der Waals surface area contributed by atoms with E-state index in [0.717, 1.165) is 16.9 Å². The molecule has 24 heavy (non-hydrogen) atoms. The number of benzene rings is 1. The molecule has 0 saturated carbocycles. The molecule has 1 aromatic heterocycles. The highest BCUT2D eigenvalue weighted by molar-refractivity contribution is 5.96. The number of anilines is 2. The summed E-state index contributed by atoms with van der Waals surface area (Å²) in [7, 11) is 1.81. The van der Waals surface area contributed by atoms with Gasteiger partial charge in [-0.2, -0.15) is 0 Å². The molecule has 7 heteroatoms. The van der Waals surface area contributed by atoms with Gasteiger partial charge in [-0.05, 0) is 24.6 Å². The van der Waals surface area contributed by atoms with Gasteiger partial charge in [0.1, 0.15) is 5.82 Å². The quantitative estimate of drug-likeness (QED) is 0.512. The minimum Gasteiger partial charge on any atom is -0.389 e. The number of nitrogens with one attached hydrogen (secondary N) is 3. The van der Waals surface area contributed by atoms with E-state index >= 15 is 0 Å². The Labute approximate surface area is 140 Å². The molecule has 3 rings (SSSR count). The number of carbonyl (C=O) groups excluding carboxylic acids is 1. The fraction of sp³-hybridized carbons (Fsp3) is 0.294. The van der Waals surface area contributed by atoms with E-state index in [1.807, 2.05) is 25.2 Å². The summed E-state index contributed by atoms with van der Waals surface area (Å²) >= 11 is 0. The number of nitrogens with zero attached hydrogens (tertiary/aromatic N) is 1. The molecule has 2 atom stereocenters. The van der Waals surface area contributed by atoms with Crippen molar-refractivity contribution in [3.8, 4) is 11.3 Å². The van der Waals surface area contributed by atoms with Crippen molar-refractivity contribution in [1.29, 1.82) is 0 Å². The van der Waals surface area contributed by atoms with E-state index in [4.69, 9.17) is 5.73 Å². The van der Waals surface area contributed by atoms with Gasteiger partial charge in [0.2, 0.25) is 5.91 Å². The van der Waals surface area contributed by atoms with Crippen LogP contribution >= 0.6 is 0 Å². The minimum absolute atomic E-state index is 0.0115. The molecule has 0 spiro atoms. The lowest BCUT2D eigenvalue weighted by Gasteiger charge is -2.13. The number of aromatic nitrogens is 2. The van der Waals surface area contributed by atoms with Crippen molar-refractivity contribution in [3.05, 3.63) is 42.4 Å². The molecule has 6 N–H and O–H groups in total. The molecule has 2 bridgehead atoms. The van der Waals surface area contributed by atoms with E-state index in [9.17, 15) is 9.90 Å². The maximum Gasteiger partial charge on any atom is 0.227 e. The third-order valence-electron chi connectivity index (χ3n) is 3.96. The van der Waals surface area contributed by atoms with Crippen molar-refractivity contribution in [2.24, 2.45) is 5.73 Å². The van der Waals surface area contributed by atoms with Crippen LogP contribution in [0, 0.1) is 0 Å². The van der Waals surface area contributed by atoms with Gasteiger partial charge in [0.25, 0.3) is 0 Å². The van der Waals surface area contributed by atoms with E-state index in [1.165, 1.54) is 0 Å². The van der Waals surface area contributed by atoms with Gasteiger partial charge in [0, 0.05) is 18.3 Å². The first-order valence-electron chi connectivity index (χ1n) is 7.84. The highest BCUT2D eigenvalue weighted by Gasteiger charge is 2.16. The molecule has 0 fully saturated rings. The molecular formula is C17H21N5O2. The van der Waals surface area contributed by atoms with Crippen LogP contribution in [0.2, 0.25) is 0 Å². The second-order valence-corrected chi connectivity index (χ2v) is 5.78. The number of H-pyrrole nitrogens is 1. The number of amides is 1. The zero-order chi connectivity index (χ0) is 17.1. The molecule has 2 aromatic rings. The highest BCUT2D eigenvalue weighted by Crippen LogP contribution is 2.30. The van der Waals surface area contributed by atoms with Crippen LogP contribution in [0.15, 0.2) is 36.5 Å². The Kier molecular flexibility index (Phi) is 4.64. The fourth-order valence-corrected chi connectivity index (χ4v) is 2.65. The number of hydrogen-bond donors (Lipinski definition) is 5. The Hall–Kier alpha value is -2.64. The summed E-state index contributed by atoms with van der Waals surface area (Å²) < 4.78 is 0. The first-order chi connectivity index (χ1) is 11.6. The summed E-state index contributed by atoms with van der Waals surface area (Å²) in [6.07, 6.45) is 4.74. The van der Waals surface area contributed by atoms with Crippen molar-refractivity contribution in [1.82, 2.24) is 9.97 Å². The number of aliphatic hydroxyl groups excluding tert-OH is 1. The summed E-state index contributed by atoms with van der Waals surface area (Å²) in [6, 6.07) is 5.36. The number of rotatable bonds is 1. The van der Waals surface area contributed by atoms with Gasteiger partial charge in [-0.15, -0.1) is 0 Å². The molecule has 7 nitrogen and oxygen atoms in total. The van der Waals surface area contributed by atoms with Crippen LogP contribution < -0.4 is 16.4 Å². The van der Waals surface area contributed by atoms with Gasteiger partial charge in [0.15, 0.2) is 0 Å². The van der Waals surface area contributed by atoms with Gasteiger partial charge in [-0.1, -0.05) is 12.2 Å². The molecule has 0 saturated heterocycles. The number of imidazole rings is 1. The topological polar surface area (TPSA) is 116 Å². The number of carbonyl (C=O) groups is 1. The largest absolute Gasteiger partial charge is 0.389 e. The van der Waals surface area contributed by atoms with Crippen LogP contribution in [0.3, 0.4) is 0 Å². The third kappa shape index (κ3) is 3.47. The van der Waals surface area contributed by atoms with E-state index in [2.05, 4.69) is 20.6 Å². The Morgan fingerprint density at radius 3 is 3.04 bits per heavy atom. The van der Waals surface area contributed by atoms with E-state index in [0.29, 0.717) is 17.9 Å². The van der Waals surface area contributed by atoms with Crippen LogP contribution in [0.25, 0.3) is 11.3 Å². The predicted octanol–water partition coefficient (Wildman–Crippen LogP) is 1.77. The maximum absolute atomic E-state index is 12.2. The number of aromatic amines is 1. The first kappa shape index (κ1) is 16.2. The zero-order valence-electron chi connectivity index (χ0n) is 13.4. The average Bonchev–Trinajstić information content (AvgIpc) is 3.03. The van der Waals surface area contributed by atoms with Gasteiger partial charge < -0.3 is 26.5 Å². The van der Waals surface area contributed by atoms with Gasteiger partial charge in [-0.3, -0.25) is 4.79 Å². The average molecular weight is 327 g/mol. The molecule has 1 aliphatic heterocycles. The smallest absolute Gasteiger partial charge is 0.227 e. The van der Waals surface area contributed by atoms with Gasteiger partial charge in [-0.25, -0.2) is 4.98 Å². The second-order valence-electron chi connectivity index (χ2n) is 5.78. The minimum atomic E-state index is -0.847. The second kappa shape index (κ2) is 6.86. The zero-order valence-corrected chi connectivity index (χ0v) is 13.4. The Morgan fingerprint density at radius 1 is 1.42 bits per heavy atom. The summed E-state index contributed by atoms with van der Waals surface area (Å²) in [5.41, 5.74) is 9.23. The summed E-state index contributed by atoms with van der Waals surface area (Å²) in [5.74, 6) is 0.406. The van der Waals surface area contributed by atoms with Crippen molar-refractivity contribution >= 4 is 17.3 Å². The molecule has 0 aliphatic carbocycles. The molecule has 1 amide bonds. The van der Waals surface area contributed by atoms with E-state index in [1.54, 1.807) is 18.3 Å². The molecule has 1 aromatic carbocycles. The van der Waals surface area contributed by atoms with Crippen molar-refractivity contribution < 1.29 is 9.90 Å². The normalized spacial score (nSPS) is 22.4. The molecule has 0 radical (unpaired) electrons. The molecule has 126 valence electrons. The maximum atomic E-state index is 12.2. The number of aliphatic hydroxyl groups is 1. The summed E-state index contributed by atoms with van der Waals surface area (Å²) in [5, 5.41) is 15.9. The van der Waals surface area contributed by atoms with Crippen molar-refractivity contribution in [2.75, 3.05) is 17.7 Å². The predicted molar refractivity (Wildman–Crippen MR) is 93.5 cm³/mol. The summed E-state index contributed by atoms with van der Waals surface area (Å²) in [4.78, 5) is 19.8. The Bertz CT molecular complexity index is 768. The van der Waals surface area contributed by atoms with Crippen LogP contribution in [0.4, 0.5) is 11.4 Å².